The van der Waals surface area contributed by atoms with Crippen LogP contribution in [0.25, 0.3) is 0 Å². The molecule has 0 unspecified atom stereocenters. The van der Waals surface area contributed by atoms with Crippen LogP contribution in [-0.2, 0) is 34.1 Å². The van der Waals surface area contributed by atoms with E-state index in [4.69, 9.17) is 20.8 Å². The second-order valence-electron chi connectivity index (χ2n) is 0.448. The fourth-order valence-corrected chi connectivity index (χ4v) is 0. The molecule has 0 aromatic rings. The average molecular weight is 162 g/mol. The standard InChI is InChI=1S/H2O4S.O.Ti/c1-5(2,3)4;;/h(H2,1,2,3,4);;. The fourth-order valence-electron chi connectivity index (χ4n) is 0. The van der Waals surface area contributed by atoms with Crippen molar-refractivity contribution in [2.45, 2.75) is 0 Å². The zero-order valence-corrected chi connectivity index (χ0v) is 5.41. The molecular formula is H2O5STi. The summed E-state index contributed by atoms with van der Waals surface area (Å²) in [5, 5.41) is 0. The SMILES string of the molecule is O=S(=O)(O)O.[O]=[Ti]. The Labute approximate surface area is 52.0 Å². The summed E-state index contributed by atoms with van der Waals surface area (Å²) in [7, 11) is -4.67. The van der Waals surface area contributed by atoms with E-state index in [1.165, 1.54) is 0 Å². The Kier molecular flexibility index (Phi) is 6.73. The van der Waals surface area contributed by atoms with Crippen molar-refractivity contribution in [1.29, 1.82) is 0 Å². The summed E-state index contributed by atoms with van der Waals surface area (Å²) in [6.07, 6.45) is 0. The molecule has 0 aliphatic rings. The number of rotatable bonds is 0. The second-order valence-corrected chi connectivity index (χ2v) is 1.34. The van der Waals surface area contributed by atoms with E-state index in [1.807, 2.05) is 0 Å². The molecule has 0 heterocycles. The van der Waals surface area contributed by atoms with Gasteiger partial charge in [-0.3, -0.25) is 9.11 Å². The first-order chi connectivity index (χ1) is 3.00. The third-order valence-electron chi connectivity index (χ3n) is 0. The van der Waals surface area contributed by atoms with Crippen LogP contribution < -0.4 is 0 Å². The van der Waals surface area contributed by atoms with Crippen molar-refractivity contribution in [3.8, 4) is 0 Å². The number of hydrogen-bond donors (Lipinski definition) is 2. The van der Waals surface area contributed by atoms with Gasteiger partial charge in [0.25, 0.3) is 0 Å². The van der Waals surface area contributed by atoms with Crippen molar-refractivity contribution in [2.24, 2.45) is 0 Å². The van der Waals surface area contributed by atoms with Gasteiger partial charge in [0.2, 0.25) is 0 Å². The Morgan fingerprint density at radius 1 is 1.14 bits per heavy atom. The number of hydrogen-bond acceptors (Lipinski definition) is 3. The summed E-state index contributed by atoms with van der Waals surface area (Å²) in [5.41, 5.74) is 0. The molecule has 0 spiro atoms. The van der Waals surface area contributed by atoms with Crippen LogP contribution in [0.5, 0.6) is 0 Å². The van der Waals surface area contributed by atoms with Gasteiger partial charge >= 0.3 is 34.1 Å². The summed E-state index contributed by atoms with van der Waals surface area (Å²) in [6.45, 7) is 0. The third-order valence-corrected chi connectivity index (χ3v) is 0. The summed E-state index contributed by atoms with van der Waals surface area (Å²) >= 11 is 0.750. The molecule has 0 aromatic heterocycles. The second kappa shape index (κ2) is 4.54. The van der Waals surface area contributed by atoms with Crippen LogP contribution in [0, 0.1) is 0 Å². The molecule has 0 radical (unpaired) electrons. The molecule has 2 N–H and O–H groups in total. The van der Waals surface area contributed by atoms with E-state index < -0.39 is 10.4 Å². The van der Waals surface area contributed by atoms with Crippen LogP contribution in [-0.4, -0.2) is 17.5 Å². The molecule has 5 nitrogen and oxygen atoms in total. The Hall–Kier alpha value is 0.384. The molecule has 0 bridgehead atoms. The van der Waals surface area contributed by atoms with Gasteiger partial charge in [0, 0.05) is 0 Å². The monoisotopic (exact) mass is 162 g/mol. The summed E-state index contributed by atoms with van der Waals surface area (Å²) in [6, 6.07) is 0. The van der Waals surface area contributed by atoms with E-state index in [9.17, 15) is 0 Å². The van der Waals surface area contributed by atoms with Crippen LogP contribution in [0.3, 0.4) is 0 Å². The zero-order chi connectivity index (χ0) is 6.50. The molecule has 0 atom stereocenters. The van der Waals surface area contributed by atoms with Crippen LogP contribution >= 0.6 is 0 Å². The Morgan fingerprint density at radius 2 is 1.14 bits per heavy atom. The minimum absolute atomic E-state index is 0.750. The molecular weight excluding hydrogens is 160 g/mol. The van der Waals surface area contributed by atoms with Gasteiger partial charge in [0.15, 0.2) is 0 Å². The van der Waals surface area contributed by atoms with Gasteiger partial charge in [-0.1, -0.05) is 0 Å². The van der Waals surface area contributed by atoms with Crippen LogP contribution in [0.1, 0.15) is 0 Å². The Morgan fingerprint density at radius 3 is 1.14 bits per heavy atom. The molecule has 0 aliphatic heterocycles. The average Bonchev–Trinajstić information content (AvgIpc) is 1.36. The van der Waals surface area contributed by atoms with E-state index >= 15 is 0 Å². The topological polar surface area (TPSA) is 91.7 Å². The zero-order valence-electron chi connectivity index (χ0n) is 3.03. The predicted octanol–water partition coefficient (Wildman–Crippen LogP) is -0.774. The van der Waals surface area contributed by atoms with Crippen molar-refractivity contribution >= 4 is 10.4 Å². The summed E-state index contributed by atoms with van der Waals surface area (Å²) < 4.78 is 39.8. The molecule has 0 amide bonds. The van der Waals surface area contributed by atoms with Gasteiger partial charge in [0.1, 0.15) is 0 Å². The molecule has 0 aliphatic carbocycles. The first-order valence-electron chi connectivity index (χ1n) is 0.903. The van der Waals surface area contributed by atoms with Crippen LogP contribution in [0.2, 0.25) is 0 Å². The van der Waals surface area contributed by atoms with Crippen LogP contribution in [0.4, 0.5) is 0 Å². The molecule has 0 saturated carbocycles. The van der Waals surface area contributed by atoms with E-state index in [-0.39, 0.29) is 0 Å². The molecule has 7 heteroatoms. The Balaban J connectivity index is 0. The van der Waals surface area contributed by atoms with Crippen molar-refractivity contribution < 1.29 is 41.3 Å². The van der Waals surface area contributed by atoms with Crippen molar-refractivity contribution in [2.75, 3.05) is 0 Å². The molecule has 7 heavy (non-hydrogen) atoms. The van der Waals surface area contributed by atoms with Gasteiger partial charge in [-0.2, -0.15) is 8.42 Å². The third kappa shape index (κ3) is 831. The van der Waals surface area contributed by atoms with E-state index in [1.54, 1.807) is 0 Å². The summed E-state index contributed by atoms with van der Waals surface area (Å²) in [4.78, 5) is 0. The van der Waals surface area contributed by atoms with Gasteiger partial charge < -0.3 is 0 Å². The maximum absolute atomic E-state index is 8.74. The van der Waals surface area contributed by atoms with Gasteiger partial charge in [-0.05, 0) is 0 Å². The van der Waals surface area contributed by atoms with Crippen molar-refractivity contribution in [3.63, 3.8) is 0 Å². The van der Waals surface area contributed by atoms with Gasteiger partial charge in [-0.15, -0.1) is 0 Å². The first kappa shape index (κ1) is 10.4. The minimum atomic E-state index is -4.67. The first-order valence-corrected chi connectivity index (χ1v) is 2.94. The Bertz CT molecular complexity index is 102. The predicted molar refractivity (Wildman–Crippen MR) is 14.9 cm³/mol. The van der Waals surface area contributed by atoms with Crippen LogP contribution in [0.15, 0.2) is 0 Å². The molecule has 42 valence electrons. The van der Waals surface area contributed by atoms with Gasteiger partial charge in [-0.25, -0.2) is 0 Å². The molecule has 0 saturated heterocycles. The quantitative estimate of drug-likeness (QED) is 0.360. The maximum atomic E-state index is 8.74. The van der Waals surface area contributed by atoms with Crippen molar-refractivity contribution in [3.05, 3.63) is 0 Å². The molecule has 0 aromatic carbocycles. The fraction of sp³-hybridized carbons (Fsp3) is 0. The van der Waals surface area contributed by atoms with E-state index in [0.29, 0.717) is 0 Å². The van der Waals surface area contributed by atoms with Gasteiger partial charge in [0.05, 0.1) is 0 Å². The molecule has 0 fully saturated rings. The summed E-state index contributed by atoms with van der Waals surface area (Å²) in [5.74, 6) is 0. The normalized spacial score (nSPS) is 8.71. The van der Waals surface area contributed by atoms with E-state index in [0.717, 1.165) is 20.4 Å². The van der Waals surface area contributed by atoms with E-state index in [2.05, 4.69) is 0 Å². The van der Waals surface area contributed by atoms with Crippen molar-refractivity contribution in [1.82, 2.24) is 0 Å². The molecule has 0 rings (SSSR count).